The normalized spacial score (nSPS) is 10.7. The number of ether oxygens (including phenoxy) is 1. The number of carbonyl (C=O) groups is 2. The molecule has 1 aromatic carbocycles. The van der Waals surface area contributed by atoms with Crippen LogP contribution < -0.4 is 15.8 Å². The molecule has 2 heterocycles. The van der Waals surface area contributed by atoms with Crippen LogP contribution >= 0.6 is 22.7 Å². The van der Waals surface area contributed by atoms with Gasteiger partial charge in [-0.25, -0.2) is 9.97 Å². The highest BCUT2D eigenvalue weighted by molar-refractivity contribution is 7.19. The van der Waals surface area contributed by atoms with Gasteiger partial charge in [0.15, 0.2) is 5.13 Å². The first kappa shape index (κ1) is 20.0. The van der Waals surface area contributed by atoms with Crippen molar-refractivity contribution in [1.82, 2.24) is 9.97 Å². The minimum Gasteiger partial charge on any atom is -0.494 e. The van der Waals surface area contributed by atoms with Crippen LogP contribution in [0.25, 0.3) is 10.6 Å². The van der Waals surface area contributed by atoms with Gasteiger partial charge >= 0.3 is 0 Å². The molecule has 28 heavy (non-hydrogen) atoms. The number of nitrogens with two attached hydrogens (primary N) is 1. The first-order valence-corrected chi connectivity index (χ1v) is 10.3. The number of primary amides is 1. The largest absolute Gasteiger partial charge is 0.494 e. The smallest absolute Gasteiger partial charge is 0.248 e. The fraction of sp³-hybridized carbons (Fsp3) is 0.263. The Bertz CT molecular complexity index is 1030. The van der Waals surface area contributed by atoms with Crippen LogP contribution in [0.2, 0.25) is 0 Å². The van der Waals surface area contributed by atoms with Crippen LogP contribution in [0.15, 0.2) is 23.6 Å². The molecule has 0 aliphatic rings. The molecule has 0 saturated heterocycles. The lowest BCUT2D eigenvalue weighted by molar-refractivity contribution is -0.114. The Kier molecular flexibility index (Phi) is 6.05. The van der Waals surface area contributed by atoms with Gasteiger partial charge in [-0.3, -0.25) is 9.59 Å². The van der Waals surface area contributed by atoms with E-state index in [1.165, 1.54) is 29.6 Å². The van der Waals surface area contributed by atoms with Crippen molar-refractivity contribution in [2.45, 2.75) is 27.2 Å². The van der Waals surface area contributed by atoms with Gasteiger partial charge in [0.2, 0.25) is 11.8 Å². The highest BCUT2D eigenvalue weighted by Crippen LogP contribution is 2.34. The van der Waals surface area contributed by atoms with E-state index in [-0.39, 0.29) is 5.91 Å². The summed E-state index contributed by atoms with van der Waals surface area (Å²) in [7, 11) is 0. The summed E-state index contributed by atoms with van der Waals surface area (Å²) < 4.78 is 5.67. The maximum absolute atomic E-state index is 11.5. The number of hydrogen-bond donors (Lipinski definition) is 2. The number of amides is 2. The monoisotopic (exact) mass is 416 g/mol. The summed E-state index contributed by atoms with van der Waals surface area (Å²) in [6.45, 7) is 5.78. The molecule has 9 heteroatoms. The predicted octanol–water partition coefficient (Wildman–Crippen LogP) is 3.62. The standard InChI is InChI=1S/C19H20N4O3S2/c1-4-26-15-6-5-12(18(20)25)7-13(15)8-16-23-14(9-27-16)17-10(2)21-19(28-17)22-11(3)24/h5-7,9H,4,8H2,1-3H3,(H2,20,25)(H,21,22,24). The van der Waals surface area contributed by atoms with E-state index in [9.17, 15) is 9.59 Å². The van der Waals surface area contributed by atoms with E-state index in [4.69, 9.17) is 15.5 Å². The van der Waals surface area contributed by atoms with E-state index < -0.39 is 5.91 Å². The van der Waals surface area contributed by atoms with Crippen molar-refractivity contribution in [3.05, 3.63) is 45.4 Å². The van der Waals surface area contributed by atoms with E-state index >= 15 is 0 Å². The second kappa shape index (κ2) is 8.49. The van der Waals surface area contributed by atoms with Crippen LogP contribution in [0.5, 0.6) is 5.75 Å². The molecule has 2 aromatic heterocycles. The third-order valence-electron chi connectivity index (χ3n) is 3.85. The molecule has 7 nitrogen and oxygen atoms in total. The highest BCUT2D eigenvalue weighted by Gasteiger charge is 2.16. The molecule has 0 atom stereocenters. The maximum atomic E-state index is 11.5. The molecular formula is C19H20N4O3S2. The van der Waals surface area contributed by atoms with Gasteiger partial charge in [-0.15, -0.1) is 11.3 Å². The number of nitrogens with one attached hydrogen (secondary N) is 1. The van der Waals surface area contributed by atoms with Gasteiger partial charge in [0, 0.05) is 29.9 Å². The summed E-state index contributed by atoms with van der Waals surface area (Å²) in [5.74, 6) is 0.0816. The molecular weight excluding hydrogens is 396 g/mol. The molecule has 0 saturated carbocycles. The van der Waals surface area contributed by atoms with Crippen LogP contribution in [-0.2, 0) is 11.2 Å². The van der Waals surface area contributed by atoms with Crippen molar-refractivity contribution in [3.8, 4) is 16.3 Å². The van der Waals surface area contributed by atoms with Gasteiger partial charge in [0.25, 0.3) is 0 Å². The topological polar surface area (TPSA) is 107 Å². The fourth-order valence-electron chi connectivity index (χ4n) is 2.66. The Labute approximate surface area is 170 Å². The number of carbonyl (C=O) groups excluding carboxylic acids is 2. The van der Waals surface area contributed by atoms with E-state index in [1.807, 2.05) is 19.2 Å². The second-order valence-corrected chi connectivity index (χ2v) is 7.98. The molecule has 146 valence electrons. The quantitative estimate of drug-likeness (QED) is 0.612. The molecule has 0 unspecified atom stereocenters. The molecule has 0 aliphatic carbocycles. The van der Waals surface area contributed by atoms with Gasteiger partial charge in [-0.2, -0.15) is 0 Å². The van der Waals surface area contributed by atoms with Crippen LogP contribution in [-0.4, -0.2) is 28.4 Å². The minimum atomic E-state index is -0.477. The Hall–Kier alpha value is -2.78. The maximum Gasteiger partial charge on any atom is 0.248 e. The Balaban J connectivity index is 1.87. The van der Waals surface area contributed by atoms with E-state index in [1.54, 1.807) is 18.2 Å². The van der Waals surface area contributed by atoms with E-state index in [2.05, 4.69) is 10.3 Å². The number of aryl methyl sites for hydroxylation is 1. The molecule has 3 aromatic rings. The number of rotatable bonds is 7. The van der Waals surface area contributed by atoms with Gasteiger partial charge in [0.1, 0.15) is 5.75 Å². The van der Waals surface area contributed by atoms with Crippen molar-refractivity contribution in [2.75, 3.05) is 11.9 Å². The summed E-state index contributed by atoms with van der Waals surface area (Å²) in [6.07, 6.45) is 0.525. The first-order chi connectivity index (χ1) is 13.4. The Morgan fingerprint density at radius 3 is 2.75 bits per heavy atom. The molecule has 0 radical (unpaired) electrons. The van der Waals surface area contributed by atoms with Crippen molar-refractivity contribution in [2.24, 2.45) is 5.73 Å². The number of anilines is 1. The third kappa shape index (κ3) is 4.55. The van der Waals surface area contributed by atoms with Gasteiger partial charge in [-0.05, 0) is 32.0 Å². The van der Waals surface area contributed by atoms with Gasteiger partial charge in [-0.1, -0.05) is 11.3 Å². The fourth-order valence-corrected chi connectivity index (χ4v) is 4.52. The van der Waals surface area contributed by atoms with Crippen molar-refractivity contribution in [3.63, 3.8) is 0 Å². The van der Waals surface area contributed by atoms with E-state index in [0.717, 1.165) is 26.8 Å². The molecule has 0 bridgehead atoms. The summed E-state index contributed by atoms with van der Waals surface area (Å²) in [5, 5.41) is 6.11. The second-order valence-electron chi connectivity index (χ2n) is 6.04. The summed E-state index contributed by atoms with van der Waals surface area (Å²) in [5.41, 5.74) is 8.34. The van der Waals surface area contributed by atoms with Crippen LogP contribution in [0.3, 0.4) is 0 Å². The molecule has 3 N–H and O–H groups in total. The van der Waals surface area contributed by atoms with Crippen LogP contribution in [0.1, 0.15) is 40.5 Å². The predicted molar refractivity (Wildman–Crippen MR) is 111 cm³/mol. The minimum absolute atomic E-state index is 0.156. The lowest BCUT2D eigenvalue weighted by Gasteiger charge is -2.10. The molecule has 3 rings (SSSR count). The lowest BCUT2D eigenvalue weighted by atomic mass is 10.1. The zero-order valence-electron chi connectivity index (χ0n) is 15.7. The summed E-state index contributed by atoms with van der Waals surface area (Å²) in [6, 6.07) is 5.18. The number of hydrogen-bond acceptors (Lipinski definition) is 7. The van der Waals surface area contributed by atoms with Crippen molar-refractivity contribution in [1.29, 1.82) is 0 Å². The Morgan fingerprint density at radius 2 is 2.07 bits per heavy atom. The van der Waals surface area contributed by atoms with Crippen LogP contribution in [0.4, 0.5) is 5.13 Å². The average Bonchev–Trinajstić information content (AvgIpc) is 3.22. The zero-order chi connectivity index (χ0) is 20.3. The van der Waals surface area contributed by atoms with E-state index in [0.29, 0.717) is 29.5 Å². The van der Waals surface area contributed by atoms with Crippen molar-refractivity contribution >= 4 is 39.6 Å². The molecule has 2 amide bonds. The van der Waals surface area contributed by atoms with Crippen LogP contribution in [0, 0.1) is 6.92 Å². The van der Waals surface area contributed by atoms with Gasteiger partial charge in [0.05, 0.1) is 27.9 Å². The number of nitrogens with zero attached hydrogens (tertiary/aromatic N) is 2. The average molecular weight is 417 g/mol. The summed E-state index contributed by atoms with van der Waals surface area (Å²) in [4.78, 5) is 32.7. The molecule has 0 aliphatic heterocycles. The lowest BCUT2D eigenvalue weighted by Crippen LogP contribution is -2.11. The first-order valence-electron chi connectivity index (χ1n) is 8.62. The molecule has 0 spiro atoms. The highest BCUT2D eigenvalue weighted by atomic mass is 32.1. The number of benzene rings is 1. The van der Waals surface area contributed by atoms with Crippen molar-refractivity contribution < 1.29 is 14.3 Å². The molecule has 0 fully saturated rings. The number of aromatic nitrogens is 2. The zero-order valence-corrected chi connectivity index (χ0v) is 17.4. The van der Waals surface area contributed by atoms with Gasteiger partial charge < -0.3 is 15.8 Å². The Morgan fingerprint density at radius 1 is 1.29 bits per heavy atom. The number of thiazole rings is 2. The summed E-state index contributed by atoms with van der Waals surface area (Å²) >= 11 is 2.91. The third-order valence-corrected chi connectivity index (χ3v) is 5.79. The SMILES string of the molecule is CCOc1ccc(C(N)=O)cc1Cc1nc(-c2sc(NC(C)=O)nc2C)cs1.